The van der Waals surface area contributed by atoms with Gasteiger partial charge in [-0.05, 0) is 0 Å². The molecule has 0 saturated heterocycles. The van der Waals surface area contributed by atoms with Crippen LogP contribution in [0.4, 0.5) is 0 Å². The number of aryl methyl sites for hydroxylation is 1. The molecule has 0 bridgehead atoms. The van der Waals surface area contributed by atoms with Crippen LogP contribution in [0.5, 0.6) is 0 Å². The van der Waals surface area contributed by atoms with Gasteiger partial charge in [-0.3, -0.25) is 0 Å². The fraction of sp³-hybridized carbons (Fsp3) is 0.758. The third-order valence-electron chi connectivity index (χ3n) is 9.06. The van der Waals surface area contributed by atoms with Crippen LogP contribution >= 0.6 is 22.7 Å². The van der Waals surface area contributed by atoms with Gasteiger partial charge >= 0.3 is 225 Å². The second kappa shape index (κ2) is 15.1. The molecule has 1 aliphatic carbocycles. The maximum absolute atomic E-state index is 2.84. The molecule has 2 aromatic rings. The number of hydrogen-bond donors (Lipinski definition) is 0. The van der Waals surface area contributed by atoms with Crippen molar-refractivity contribution in [3.63, 3.8) is 0 Å². The Morgan fingerprint density at radius 1 is 0.611 bits per heavy atom. The van der Waals surface area contributed by atoms with Crippen LogP contribution in [-0.2, 0) is 5.41 Å². The first-order valence-corrected chi connectivity index (χ1v) is 24.8. The number of hydrogen-bond acceptors (Lipinski definition) is 2. The quantitative estimate of drug-likeness (QED) is 0.106. The Bertz CT molecular complexity index is 885. The van der Waals surface area contributed by atoms with E-state index in [4.69, 9.17) is 0 Å². The molecule has 1 unspecified atom stereocenters. The molecule has 0 saturated carbocycles. The van der Waals surface area contributed by atoms with Crippen LogP contribution in [0.25, 0.3) is 9.75 Å². The SMILES string of the molecule is CCCCCCCCCCC1(C)c2cc(C)sc2-c2s[c]([Sn]([CH2]CCC)([CH2]CCC)[CH2]CCC)cc21. The van der Waals surface area contributed by atoms with Crippen molar-refractivity contribution in [3.8, 4) is 9.75 Å². The summed E-state index contributed by atoms with van der Waals surface area (Å²) in [6, 6.07) is 5.39. The van der Waals surface area contributed by atoms with Gasteiger partial charge in [-0.2, -0.15) is 0 Å². The Hall–Kier alpha value is 0.199. The van der Waals surface area contributed by atoms with E-state index >= 15 is 0 Å². The van der Waals surface area contributed by atoms with Gasteiger partial charge in [0.2, 0.25) is 0 Å². The van der Waals surface area contributed by atoms with Gasteiger partial charge in [-0.15, -0.1) is 0 Å². The third kappa shape index (κ3) is 7.23. The van der Waals surface area contributed by atoms with Crippen LogP contribution in [0.3, 0.4) is 0 Å². The molecule has 0 aromatic carbocycles. The number of rotatable bonds is 19. The topological polar surface area (TPSA) is 0 Å². The molecule has 0 amide bonds. The first-order valence-electron chi connectivity index (χ1n) is 15.7. The van der Waals surface area contributed by atoms with Crippen LogP contribution in [0.1, 0.15) is 147 Å². The van der Waals surface area contributed by atoms with E-state index in [1.165, 1.54) is 101 Å². The second-order valence-corrected chi connectivity index (χ2v) is 28.6. The number of fused-ring (bicyclic) bond motifs is 3. The van der Waals surface area contributed by atoms with Crippen molar-refractivity contribution in [2.75, 3.05) is 0 Å². The van der Waals surface area contributed by atoms with Gasteiger partial charge in [-0.1, -0.05) is 13.3 Å². The molecule has 0 fully saturated rings. The molecule has 36 heavy (non-hydrogen) atoms. The molecule has 1 atom stereocenters. The van der Waals surface area contributed by atoms with Crippen molar-refractivity contribution >= 4 is 43.9 Å². The van der Waals surface area contributed by atoms with Crippen molar-refractivity contribution in [2.24, 2.45) is 0 Å². The summed E-state index contributed by atoms with van der Waals surface area (Å²) in [5.41, 5.74) is 3.68. The summed E-state index contributed by atoms with van der Waals surface area (Å²) in [5.74, 6) is 0. The van der Waals surface area contributed by atoms with Crippen molar-refractivity contribution in [1.29, 1.82) is 0 Å². The van der Waals surface area contributed by atoms with Gasteiger partial charge in [0.1, 0.15) is 0 Å². The average molecular weight is 636 g/mol. The van der Waals surface area contributed by atoms with E-state index in [9.17, 15) is 0 Å². The Labute approximate surface area is 237 Å². The minimum absolute atomic E-state index is 0.254. The molecule has 0 nitrogen and oxygen atoms in total. The third-order valence-corrected chi connectivity index (χ3v) is 29.6. The first-order chi connectivity index (χ1) is 17.5. The Kier molecular flexibility index (Phi) is 12.9. The molecule has 0 N–H and O–H groups in total. The van der Waals surface area contributed by atoms with E-state index in [0.29, 0.717) is 0 Å². The van der Waals surface area contributed by atoms with Gasteiger partial charge in [0, 0.05) is 0 Å². The van der Waals surface area contributed by atoms with Crippen LogP contribution in [0.2, 0.25) is 13.3 Å². The van der Waals surface area contributed by atoms with Crippen molar-refractivity contribution in [3.05, 3.63) is 28.1 Å². The molecule has 2 aromatic heterocycles. The molecule has 3 rings (SSSR count). The van der Waals surface area contributed by atoms with E-state index in [0.717, 1.165) is 0 Å². The van der Waals surface area contributed by atoms with Crippen molar-refractivity contribution < 1.29 is 0 Å². The zero-order valence-corrected chi connectivity index (χ0v) is 29.2. The summed E-state index contributed by atoms with van der Waals surface area (Å²) in [6.45, 7) is 14.5. The average Bonchev–Trinajstić information content (AvgIpc) is 3.54. The summed E-state index contributed by atoms with van der Waals surface area (Å²) in [6.07, 6.45) is 21.2. The molecule has 204 valence electrons. The second-order valence-electron chi connectivity index (χ2n) is 12.1. The molecule has 0 spiro atoms. The Morgan fingerprint density at radius 2 is 1.08 bits per heavy atom. The Balaban J connectivity index is 1.85. The summed E-state index contributed by atoms with van der Waals surface area (Å²) in [5, 5.41) is 0. The zero-order valence-electron chi connectivity index (χ0n) is 24.7. The van der Waals surface area contributed by atoms with Gasteiger partial charge < -0.3 is 0 Å². The summed E-state index contributed by atoms with van der Waals surface area (Å²) < 4.78 is 6.73. The van der Waals surface area contributed by atoms with E-state index in [2.05, 4.69) is 76.3 Å². The van der Waals surface area contributed by atoms with Crippen molar-refractivity contribution in [1.82, 2.24) is 0 Å². The monoisotopic (exact) mass is 636 g/mol. The standard InChI is InChI=1S/C21H29S2.3C4H9.Sn/c1-4-5-6-7-8-9-10-11-13-21(3)17-12-14-22-19(17)20-18(21)15-16(2)23-20;3*1-3-4-2;/h12,15H,4-11,13H2,1-3H3;3*1,3-4H2,2H3;. The van der Waals surface area contributed by atoms with E-state index < -0.39 is 18.4 Å². The number of unbranched alkanes of at least 4 members (excludes halogenated alkanes) is 10. The molecular weight excluding hydrogens is 579 g/mol. The van der Waals surface area contributed by atoms with Gasteiger partial charge in [0.05, 0.1) is 0 Å². The van der Waals surface area contributed by atoms with Crippen LogP contribution in [-0.4, -0.2) is 18.4 Å². The van der Waals surface area contributed by atoms with Gasteiger partial charge in [0.25, 0.3) is 0 Å². The van der Waals surface area contributed by atoms with Crippen LogP contribution in [0.15, 0.2) is 12.1 Å². The van der Waals surface area contributed by atoms with E-state index in [1.807, 2.05) is 2.89 Å². The number of thiophene rings is 2. The van der Waals surface area contributed by atoms with Gasteiger partial charge in [-0.25, -0.2) is 0 Å². The molecule has 0 radical (unpaired) electrons. The summed E-state index contributed by atoms with van der Waals surface area (Å²) in [4.78, 5) is 4.87. The predicted octanol–water partition coefficient (Wildman–Crippen LogP) is 12.0. The minimum atomic E-state index is -2.39. The zero-order chi connectivity index (χ0) is 26.0. The summed E-state index contributed by atoms with van der Waals surface area (Å²) >= 11 is 2.00. The maximum atomic E-state index is 2.84. The predicted molar refractivity (Wildman–Crippen MR) is 171 cm³/mol. The van der Waals surface area contributed by atoms with E-state index in [-0.39, 0.29) is 5.41 Å². The van der Waals surface area contributed by atoms with Crippen LogP contribution in [0, 0.1) is 6.92 Å². The fourth-order valence-electron chi connectivity index (χ4n) is 6.64. The first kappa shape index (κ1) is 30.7. The fourth-order valence-corrected chi connectivity index (χ4v) is 28.3. The molecular formula is C33H56S2Sn. The molecule has 0 aliphatic heterocycles. The molecule has 2 heterocycles. The van der Waals surface area contributed by atoms with Gasteiger partial charge in [0.15, 0.2) is 0 Å². The van der Waals surface area contributed by atoms with Crippen molar-refractivity contribution in [2.45, 2.75) is 157 Å². The normalized spacial score (nSPS) is 17.1. The summed E-state index contributed by atoms with van der Waals surface area (Å²) in [7, 11) is 0. The molecule has 3 heteroatoms. The molecule has 1 aliphatic rings. The van der Waals surface area contributed by atoms with Crippen LogP contribution < -0.4 is 2.89 Å². The Morgan fingerprint density at radius 3 is 1.64 bits per heavy atom. The van der Waals surface area contributed by atoms with E-state index in [1.54, 1.807) is 34.2 Å².